The van der Waals surface area contributed by atoms with Crippen molar-refractivity contribution in [3.63, 3.8) is 0 Å². The number of rotatable bonds is 3. The molecule has 0 aliphatic carbocycles. The first-order valence-corrected chi connectivity index (χ1v) is 4.89. The Morgan fingerprint density at radius 1 is 1.46 bits per heavy atom. The van der Waals surface area contributed by atoms with E-state index < -0.39 is 0 Å². The monoisotopic (exact) mass is 196 g/mol. The Morgan fingerprint density at radius 3 is 2.62 bits per heavy atom. The van der Waals surface area contributed by atoms with Crippen molar-refractivity contribution in [2.45, 2.75) is 20.3 Å². The summed E-state index contributed by atoms with van der Waals surface area (Å²) < 4.78 is 5.06. The van der Waals surface area contributed by atoms with Crippen molar-refractivity contribution in [3.05, 3.63) is 29.3 Å². The maximum Gasteiger partial charge on any atom is 0.434 e. The standard InChI is InChI=1S/C10H14BClO/c1-4-9-5-6-10(8(2)7-9)11(12)13-3/h5-7H,4H2,1-3H3. The average Bonchev–Trinajstić information content (AvgIpc) is 2.16. The highest BCUT2D eigenvalue weighted by Gasteiger charge is 2.15. The Morgan fingerprint density at radius 2 is 2.15 bits per heavy atom. The Hall–Kier alpha value is -0.465. The van der Waals surface area contributed by atoms with E-state index in [1.54, 1.807) is 7.11 Å². The van der Waals surface area contributed by atoms with Gasteiger partial charge in [0, 0.05) is 7.11 Å². The van der Waals surface area contributed by atoms with Crippen LogP contribution in [0.15, 0.2) is 18.2 Å². The highest BCUT2D eigenvalue weighted by Crippen LogP contribution is 2.05. The van der Waals surface area contributed by atoms with Gasteiger partial charge < -0.3 is 4.65 Å². The number of hydrogen-bond acceptors (Lipinski definition) is 1. The minimum Gasteiger partial charge on any atom is -0.421 e. The summed E-state index contributed by atoms with van der Waals surface area (Å²) >= 11 is 5.97. The second-order valence-corrected chi connectivity index (χ2v) is 3.49. The topological polar surface area (TPSA) is 9.23 Å². The van der Waals surface area contributed by atoms with Crippen molar-refractivity contribution in [1.29, 1.82) is 0 Å². The molecular weight excluding hydrogens is 182 g/mol. The molecule has 0 saturated heterocycles. The first-order valence-electron chi connectivity index (χ1n) is 4.45. The number of benzene rings is 1. The Bertz CT molecular complexity index is 288. The van der Waals surface area contributed by atoms with Gasteiger partial charge in [-0.2, -0.15) is 0 Å². The molecule has 1 aromatic rings. The third-order valence-corrected chi connectivity index (χ3v) is 2.61. The van der Waals surface area contributed by atoms with Gasteiger partial charge in [0.1, 0.15) is 0 Å². The molecule has 1 rings (SSSR count). The van der Waals surface area contributed by atoms with E-state index >= 15 is 0 Å². The predicted molar refractivity (Wildman–Crippen MR) is 58.8 cm³/mol. The first-order chi connectivity index (χ1) is 6.19. The van der Waals surface area contributed by atoms with Crippen LogP contribution in [0.2, 0.25) is 0 Å². The lowest BCUT2D eigenvalue weighted by molar-refractivity contribution is 0.444. The molecule has 0 aliphatic heterocycles. The summed E-state index contributed by atoms with van der Waals surface area (Å²) in [5.74, 6) is 0. The van der Waals surface area contributed by atoms with E-state index in [2.05, 4.69) is 26.0 Å². The van der Waals surface area contributed by atoms with Crippen LogP contribution in [0.25, 0.3) is 0 Å². The summed E-state index contributed by atoms with van der Waals surface area (Å²) in [5, 5.41) is 0. The molecule has 0 heterocycles. The molecule has 0 saturated carbocycles. The molecular formula is C10H14BClO. The summed E-state index contributed by atoms with van der Waals surface area (Å²) in [7, 11) is 1.62. The quantitative estimate of drug-likeness (QED) is 0.673. The van der Waals surface area contributed by atoms with E-state index in [1.807, 2.05) is 6.07 Å². The third kappa shape index (κ3) is 2.49. The van der Waals surface area contributed by atoms with E-state index in [1.165, 1.54) is 11.1 Å². The molecule has 1 aromatic carbocycles. The Labute approximate surface area is 85.1 Å². The first kappa shape index (κ1) is 10.6. The molecule has 0 amide bonds. The highest BCUT2D eigenvalue weighted by atomic mass is 35.5. The van der Waals surface area contributed by atoms with Crippen LogP contribution in [-0.2, 0) is 11.1 Å². The predicted octanol–water partition coefficient (Wildman–Crippen LogP) is 2.14. The van der Waals surface area contributed by atoms with Gasteiger partial charge in [0.05, 0.1) is 0 Å². The molecule has 0 aliphatic rings. The van der Waals surface area contributed by atoms with Gasteiger partial charge in [-0.15, -0.1) is 11.5 Å². The zero-order chi connectivity index (χ0) is 9.84. The smallest absolute Gasteiger partial charge is 0.421 e. The second kappa shape index (κ2) is 4.68. The maximum atomic E-state index is 5.97. The minimum absolute atomic E-state index is 0.328. The maximum absolute atomic E-state index is 5.97. The van der Waals surface area contributed by atoms with Crippen LogP contribution in [0.4, 0.5) is 0 Å². The van der Waals surface area contributed by atoms with Gasteiger partial charge in [0.2, 0.25) is 0 Å². The summed E-state index contributed by atoms with van der Waals surface area (Å²) in [6, 6.07) is 6.29. The van der Waals surface area contributed by atoms with Crippen LogP contribution in [0.3, 0.4) is 0 Å². The van der Waals surface area contributed by atoms with E-state index in [-0.39, 0.29) is 6.33 Å². The normalized spacial score (nSPS) is 10.2. The zero-order valence-corrected chi connectivity index (χ0v) is 9.06. The second-order valence-electron chi connectivity index (χ2n) is 3.10. The van der Waals surface area contributed by atoms with E-state index in [9.17, 15) is 0 Å². The minimum atomic E-state index is -0.328. The van der Waals surface area contributed by atoms with Crippen molar-refractivity contribution >= 4 is 23.3 Å². The summed E-state index contributed by atoms with van der Waals surface area (Å²) in [6.45, 7) is 4.20. The van der Waals surface area contributed by atoms with Gasteiger partial charge in [0.15, 0.2) is 0 Å². The number of aryl methyl sites for hydroxylation is 2. The van der Waals surface area contributed by atoms with Crippen molar-refractivity contribution in [3.8, 4) is 0 Å². The van der Waals surface area contributed by atoms with Gasteiger partial charge in [-0.1, -0.05) is 30.7 Å². The molecule has 0 radical (unpaired) electrons. The van der Waals surface area contributed by atoms with Crippen molar-refractivity contribution < 1.29 is 4.65 Å². The molecule has 0 fully saturated rings. The van der Waals surface area contributed by atoms with Gasteiger partial charge in [-0.3, -0.25) is 0 Å². The molecule has 0 bridgehead atoms. The lowest BCUT2D eigenvalue weighted by atomic mass is 9.82. The van der Waals surface area contributed by atoms with Crippen molar-refractivity contribution in [1.82, 2.24) is 0 Å². The van der Waals surface area contributed by atoms with E-state index in [0.29, 0.717) is 0 Å². The van der Waals surface area contributed by atoms with Crippen LogP contribution in [-0.4, -0.2) is 13.4 Å². The number of halogens is 1. The van der Waals surface area contributed by atoms with Crippen molar-refractivity contribution in [2.75, 3.05) is 7.11 Å². The van der Waals surface area contributed by atoms with Gasteiger partial charge in [-0.25, -0.2) is 0 Å². The molecule has 70 valence electrons. The molecule has 3 heteroatoms. The Kier molecular flexibility index (Phi) is 3.82. The summed E-state index contributed by atoms with van der Waals surface area (Å²) in [4.78, 5) is 0. The molecule has 1 nitrogen and oxygen atoms in total. The third-order valence-electron chi connectivity index (χ3n) is 2.19. The molecule has 13 heavy (non-hydrogen) atoms. The highest BCUT2D eigenvalue weighted by molar-refractivity contribution is 7.10. The SMILES string of the molecule is CCc1ccc(B(Cl)OC)c(C)c1. The molecule has 0 atom stereocenters. The fourth-order valence-corrected chi connectivity index (χ4v) is 1.58. The largest absolute Gasteiger partial charge is 0.434 e. The van der Waals surface area contributed by atoms with Crippen LogP contribution in [0.5, 0.6) is 0 Å². The lowest BCUT2D eigenvalue weighted by Gasteiger charge is -2.08. The Balaban J connectivity index is 2.98. The lowest BCUT2D eigenvalue weighted by Crippen LogP contribution is -2.29. The van der Waals surface area contributed by atoms with Gasteiger partial charge in [0.25, 0.3) is 0 Å². The fraction of sp³-hybridized carbons (Fsp3) is 0.400. The molecule has 0 spiro atoms. The molecule has 0 aromatic heterocycles. The van der Waals surface area contributed by atoms with Crippen molar-refractivity contribution in [2.24, 2.45) is 0 Å². The average molecular weight is 196 g/mol. The van der Waals surface area contributed by atoms with Gasteiger partial charge >= 0.3 is 6.33 Å². The summed E-state index contributed by atoms with van der Waals surface area (Å²) in [6.07, 6.45) is 0.729. The van der Waals surface area contributed by atoms with Gasteiger partial charge in [-0.05, 0) is 24.4 Å². The fourth-order valence-electron chi connectivity index (χ4n) is 1.34. The zero-order valence-electron chi connectivity index (χ0n) is 8.30. The van der Waals surface area contributed by atoms with E-state index in [0.717, 1.165) is 11.9 Å². The summed E-state index contributed by atoms with van der Waals surface area (Å²) in [5.41, 5.74) is 3.59. The number of hydrogen-bond donors (Lipinski definition) is 0. The molecule has 0 N–H and O–H groups in total. The van der Waals surface area contributed by atoms with E-state index in [4.69, 9.17) is 16.1 Å². The van der Waals surface area contributed by atoms with Crippen LogP contribution in [0, 0.1) is 6.92 Å². The van der Waals surface area contributed by atoms with Crippen LogP contribution >= 0.6 is 11.5 Å². The van der Waals surface area contributed by atoms with Crippen LogP contribution in [0.1, 0.15) is 18.1 Å². The molecule has 0 unspecified atom stereocenters. The van der Waals surface area contributed by atoms with Crippen LogP contribution < -0.4 is 5.46 Å².